The third kappa shape index (κ3) is 1.96. The molecule has 4 nitrogen and oxygen atoms in total. The quantitative estimate of drug-likeness (QED) is 0.915. The van der Waals surface area contributed by atoms with Gasteiger partial charge in [-0.2, -0.15) is 5.10 Å². The highest BCUT2D eigenvalue weighted by Gasteiger charge is 2.11. The highest BCUT2D eigenvalue weighted by molar-refractivity contribution is 9.10. The molecule has 0 bridgehead atoms. The lowest BCUT2D eigenvalue weighted by molar-refractivity contribution is 0.0999. The van der Waals surface area contributed by atoms with Gasteiger partial charge >= 0.3 is 0 Å². The van der Waals surface area contributed by atoms with Gasteiger partial charge in [-0.05, 0) is 34.1 Å². The van der Waals surface area contributed by atoms with Gasteiger partial charge in [-0.25, -0.2) is 9.07 Å². The van der Waals surface area contributed by atoms with Gasteiger partial charge in [0, 0.05) is 6.20 Å². The second-order valence-electron chi connectivity index (χ2n) is 3.13. The zero-order valence-corrected chi connectivity index (χ0v) is 9.61. The number of aromatic nitrogens is 2. The van der Waals surface area contributed by atoms with E-state index in [0.29, 0.717) is 5.69 Å². The van der Waals surface area contributed by atoms with Gasteiger partial charge < -0.3 is 5.73 Å². The third-order valence-electron chi connectivity index (χ3n) is 2.02. The molecule has 1 aromatic heterocycles. The van der Waals surface area contributed by atoms with Crippen LogP contribution in [-0.4, -0.2) is 15.7 Å². The molecule has 2 N–H and O–H groups in total. The first-order valence-electron chi connectivity index (χ1n) is 4.38. The van der Waals surface area contributed by atoms with Gasteiger partial charge in [0.2, 0.25) is 0 Å². The van der Waals surface area contributed by atoms with Crippen molar-refractivity contribution in [1.29, 1.82) is 0 Å². The van der Waals surface area contributed by atoms with Crippen molar-refractivity contribution in [1.82, 2.24) is 9.78 Å². The molecule has 0 radical (unpaired) electrons. The normalized spacial score (nSPS) is 10.4. The van der Waals surface area contributed by atoms with Crippen molar-refractivity contribution < 1.29 is 9.18 Å². The molecule has 1 aromatic carbocycles. The lowest BCUT2D eigenvalue weighted by Crippen LogP contribution is -2.15. The molecule has 0 fully saturated rings. The number of nitrogens with zero attached hydrogens (tertiary/aromatic N) is 2. The van der Waals surface area contributed by atoms with E-state index in [9.17, 15) is 9.18 Å². The molecule has 0 atom stereocenters. The summed E-state index contributed by atoms with van der Waals surface area (Å²) in [6, 6.07) is 3.79. The SMILES string of the molecule is NC(=O)c1cc(F)ccc1-n1cc(Br)cn1. The number of benzene rings is 1. The van der Waals surface area contributed by atoms with Gasteiger partial charge in [0.25, 0.3) is 5.91 Å². The average molecular weight is 284 g/mol. The second-order valence-corrected chi connectivity index (χ2v) is 4.04. The van der Waals surface area contributed by atoms with Crippen LogP contribution in [0.1, 0.15) is 10.4 Å². The molecular formula is C10H7BrFN3O. The number of hydrogen-bond donors (Lipinski definition) is 1. The van der Waals surface area contributed by atoms with Crippen LogP contribution in [-0.2, 0) is 0 Å². The molecule has 6 heteroatoms. The smallest absolute Gasteiger partial charge is 0.250 e. The van der Waals surface area contributed by atoms with Crippen LogP contribution >= 0.6 is 15.9 Å². The van der Waals surface area contributed by atoms with Gasteiger partial charge in [-0.1, -0.05) is 0 Å². The molecule has 0 unspecified atom stereocenters. The molecule has 82 valence electrons. The van der Waals surface area contributed by atoms with E-state index >= 15 is 0 Å². The van der Waals surface area contributed by atoms with E-state index in [1.165, 1.54) is 16.8 Å². The zero-order valence-electron chi connectivity index (χ0n) is 8.02. The minimum atomic E-state index is -0.693. The van der Waals surface area contributed by atoms with Crippen molar-refractivity contribution in [2.24, 2.45) is 5.73 Å². The molecule has 1 heterocycles. The molecule has 0 saturated heterocycles. The number of rotatable bonds is 2. The van der Waals surface area contributed by atoms with E-state index in [1.807, 2.05) is 0 Å². The summed E-state index contributed by atoms with van der Waals surface area (Å²) in [5.41, 5.74) is 5.71. The van der Waals surface area contributed by atoms with E-state index in [0.717, 1.165) is 10.5 Å². The van der Waals surface area contributed by atoms with Crippen molar-refractivity contribution in [2.45, 2.75) is 0 Å². The largest absolute Gasteiger partial charge is 0.366 e. The summed E-state index contributed by atoms with van der Waals surface area (Å²) < 4.78 is 15.2. The Bertz CT molecular complexity index is 553. The number of nitrogens with two attached hydrogens (primary N) is 1. The molecule has 16 heavy (non-hydrogen) atoms. The summed E-state index contributed by atoms with van der Waals surface area (Å²) in [7, 11) is 0. The zero-order chi connectivity index (χ0) is 11.7. The number of halogens is 2. The maximum absolute atomic E-state index is 13.0. The second kappa shape index (κ2) is 4.05. The number of amides is 1. The fraction of sp³-hybridized carbons (Fsp3) is 0. The molecule has 1 amide bonds. The van der Waals surface area contributed by atoms with Gasteiger partial charge in [0.15, 0.2) is 0 Å². The lowest BCUT2D eigenvalue weighted by atomic mass is 10.1. The Morgan fingerprint density at radius 1 is 1.50 bits per heavy atom. The molecule has 0 spiro atoms. The Labute approximate surface area is 99.0 Å². The Morgan fingerprint density at radius 2 is 2.25 bits per heavy atom. The first-order chi connectivity index (χ1) is 7.58. The van der Waals surface area contributed by atoms with E-state index < -0.39 is 11.7 Å². The van der Waals surface area contributed by atoms with Crippen LogP contribution in [0.2, 0.25) is 0 Å². The van der Waals surface area contributed by atoms with E-state index in [-0.39, 0.29) is 5.56 Å². The van der Waals surface area contributed by atoms with Crippen molar-refractivity contribution in [2.75, 3.05) is 0 Å². The van der Waals surface area contributed by atoms with Crippen molar-refractivity contribution in [3.8, 4) is 5.69 Å². The molecule has 0 aliphatic carbocycles. The predicted octanol–water partition coefficient (Wildman–Crippen LogP) is 1.87. The minimum Gasteiger partial charge on any atom is -0.366 e. The first-order valence-corrected chi connectivity index (χ1v) is 5.17. The van der Waals surface area contributed by atoms with E-state index in [4.69, 9.17) is 5.73 Å². The highest BCUT2D eigenvalue weighted by Crippen LogP contribution is 2.17. The number of hydrogen-bond acceptors (Lipinski definition) is 2. The van der Waals surface area contributed by atoms with Gasteiger partial charge in [0.05, 0.1) is 21.9 Å². The summed E-state index contributed by atoms with van der Waals surface area (Å²) in [4.78, 5) is 11.2. The van der Waals surface area contributed by atoms with Crippen molar-refractivity contribution in [3.05, 3.63) is 46.4 Å². The first kappa shape index (κ1) is 10.8. The average Bonchev–Trinajstić information content (AvgIpc) is 2.64. The number of carbonyl (C=O) groups excluding carboxylic acids is 1. The van der Waals surface area contributed by atoms with Gasteiger partial charge in [-0.3, -0.25) is 4.79 Å². The van der Waals surface area contributed by atoms with Crippen LogP contribution in [0.15, 0.2) is 35.1 Å². The van der Waals surface area contributed by atoms with Crippen molar-refractivity contribution >= 4 is 21.8 Å². The third-order valence-corrected chi connectivity index (χ3v) is 2.43. The maximum atomic E-state index is 13.0. The summed E-state index contributed by atoms with van der Waals surface area (Å²) in [6.07, 6.45) is 3.22. The minimum absolute atomic E-state index is 0.0931. The van der Waals surface area contributed by atoms with Crippen LogP contribution in [0.5, 0.6) is 0 Å². The van der Waals surface area contributed by atoms with Crippen LogP contribution in [0.4, 0.5) is 4.39 Å². The van der Waals surface area contributed by atoms with E-state index in [1.54, 1.807) is 12.4 Å². The molecule has 2 aromatic rings. The maximum Gasteiger partial charge on any atom is 0.250 e. The lowest BCUT2D eigenvalue weighted by Gasteiger charge is -2.06. The molecule has 0 aliphatic rings. The van der Waals surface area contributed by atoms with Gasteiger partial charge in [0.1, 0.15) is 5.82 Å². The van der Waals surface area contributed by atoms with Crippen LogP contribution in [0, 0.1) is 5.82 Å². The summed E-state index contributed by atoms with van der Waals surface area (Å²) in [5.74, 6) is -1.20. The fourth-order valence-electron chi connectivity index (χ4n) is 1.34. The fourth-order valence-corrected chi connectivity index (χ4v) is 1.62. The Kier molecular flexibility index (Phi) is 2.74. The topological polar surface area (TPSA) is 60.9 Å². The summed E-state index contributed by atoms with van der Waals surface area (Å²) >= 11 is 3.23. The van der Waals surface area contributed by atoms with Crippen LogP contribution in [0.3, 0.4) is 0 Å². The Balaban J connectivity index is 2.60. The molecule has 0 saturated carbocycles. The number of primary amides is 1. The predicted molar refractivity (Wildman–Crippen MR) is 59.7 cm³/mol. The van der Waals surface area contributed by atoms with E-state index in [2.05, 4.69) is 21.0 Å². The summed E-state index contributed by atoms with van der Waals surface area (Å²) in [6.45, 7) is 0. The van der Waals surface area contributed by atoms with Gasteiger partial charge in [-0.15, -0.1) is 0 Å². The monoisotopic (exact) mass is 283 g/mol. The Hall–Kier alpha value is -1.69. The van der Waals surface area contributed by atoms with Crippen molar-refractivity contribution in [3.63, 3.8) is 0 Å². The molecular weight excluding hydrogens is 277 g/mol. The Morgan fingerprint density at radius 3 is 2.81 bits per heavy atom. The molecule has 0 aliphatic heterocycles. The van der Waals surface area contributed by atoms with Crippen LogP contribution < -0.4 is 5.73 Å². The number of carbonyl (C=O) groups is 1. The molecule has 2 rings (SSSR count). The van der Waals surface area contributed by atoms with Crippen LogP contribution in [0.25, 0.3) is 5.69 Å². The standard InChI is InChI=1S/C10H7BrFN3O/c11-6-4-14-15(5-6)9-2-1-7(12)3-8(9)10(13)16/h1-5H,(H2,13,16). The summed E-state index contributed by atoms with van der Waals surface area (Å²) in [5, 5.41) is 4.00. The highest BCUT2D eigenvalue weighted by atomic mass is 79.9.